The van der Waals surface area contributed by atoms with Crippen molar-refractivity contribution >= 4 is 34.8 Å². The van der Waals surface area contributed by atoms with Crippen LogP contribution in [0, 0.1) is 0 Å². The third kappa shape index (κ3) is 6.12. The van der Waals surface area contributed by atoms with Crippen molar-refractivity contribution in [3.05, 3.63) is 52.5 Å². The fraction of sp³-hybridized carbons (Fsp3) is 0.278. The molecular formula is C18H20Cl2N2O3. The molecule has 0 spiro atoms. The highest BCUT2D eigenvalue weighted by Gasteiger charge is 2.10. The second kappa shape index (κ2) is 9.51. The van der Waals surface area contributed by atoms with Gasteiger partial charge in [-0.25, -0.2) is 0 Å². The molecule has 25 heavy (non-hydrogen) atoms. The summed E-state index contributed by atoms with van der Waals surface area (Å²) in [5.74, 6) is 1.19. The second-order valence-corrected chi connectivity index (χ2v) is 6.25. The van der Waals surface area contributed by atoms with Crippen molar-refractivity contribution in [1.82, 2.24) is 4.90 Å². The standard InChI is InChI=1S/C18H20Cl2N2O3/c1-22(9-10-25-17-6-4-3-5-16(17)24-2)12-18(23)21-15-8-7-13(19)11-14(15)20/h3-8,11H,9-10,12H2,1-2H3,(H,21,23). The SMILES string of the molecule is COc1ccccc1OCCN(C)CC(=O)Nc1ccc(Cl)cc1Cl. The number of ether oxygens (including phenoxy) is 2. The molecule has 134 valence electrons. The third-order valence-electron chi connectivity index (χ3n) is 3.42. The molecule has 0 atom stereocenters. The van der Waals surface area contributed by atoms with Crippen LogP contribution in [0.1, 0.15) is 0 Å². The highest BCUT2D eigenvalue weighted by Crippen LogP contribution is 2.26. The van der Waals surface area contributed by atoms with Gasteiger partial charge < -0.3 is 14.8 Å². The maximum absolute atomic E-state index is 12.1. The lowest BCUT2D eigenvalue weighted by Gasteiger charge is -2.17. The van der Waals surface area contributed by atoms with E-state index in [4.69, 9.17) is 32.7 Å². The molecule has 0 radical (unpaired) electrons. The molecule has 0 aliphatic rings. The van der Waals surface area contributed by atoms with Crippen molar-refractivity contribution in [3.63, 3.8) is 0 Å². The van der Waals surface area contributed by atoms with Crippen LogP contribution in [0.3, 0.4) is 0 Å². The van der Waals surface area contributed by atoms with Crippen molar-refractivity contribution in [3.8, 4) is 11.5 Å². The van der Waals surface area contributed by atoms with Crippen LogP contribution in [0.5, 0.6) is 11.5 Å². The normalized spacial score (nSPS) is 10.6. The van der Waals surface area contributed by atoms with Crippen molar-refractivity contribution < 1.29 is 14.3 Å². The van der Waals surface area contributed by atoms with Gasteiger partial charge in [-0.15, -0.1) is 0 Å². The average Bonchev–Trinajstić information content (AvgIpc) is 2.58. The van der Waals surface area contributed by atoms with Gasteiger partial charge in [0.15, 0.2) is 11.5 Å². The second-order valence-electron chi connectivity index (χ2n) is 5.41. The maximum atomic E-state index is 12.1. The minimum Gasteiger partial charge on any atom is -0.493 e. The molecule has 0 aliphatic carbocycles. The number of carbonyl (C=O) groups is 1. The molecule has 2 aromatic carbocycles. The predicted octanol–water partition coefficient (Wildman–Crippen LogP) is 3.95. The zero-order valence-electron chi connectivity index (χ0n) is 14.1. The van der Waals surface area contributed by atoms with Gasteiger partial charge in [0, 0.05) is 11.6 Å². The largest absolute Gasteiger partial charge is 0.493 e. The van der Waals surface area contributed by atoms with Crippen LogP contribution in [0.25, 0.3) is 0 Å². The van der Waals surface area contributed by atoms with Gasteiger partial charge in [0.05, 0.1) is 24.4 Å². The lowest BCUT2D eigenvalue weighted by Crippen LogP contribution is -2.33. The smallest absolute Gasteiger partial charge is 0.238 e. The van der Waals surface area contributed by atoms with E-state index in [9.17, 15) is 4.79 Å². The highest BCUT2D eigenvalue weighted by atomic mass is 35.5. The lowest BCUT2D eigenvalue weighted by molar-refractivity contribution is -0.117. The van der Waals surface area contributed by atoms with E-state index in [1.54, 1.807) is 25.3 Å². The molecule has 1 N–H and O–H groups in total. The number of carbonyl (C=O) groups excluding carboxylic acids is 1. The van der Waals surface area contributed by atoms with Crippen LogP contribution < -0.4 is 14.8 Å². The lowest BCUT2D eigenvalue weighted by atomic mass is 10.3. The summed E-state index contributed by atoms with van der Waals surface area (Å²) in [6.07, 6.45) is 0. The molecule has 1 amide bonds. The molecule has 0 saturated carbocycles. The van der Waals surface area contributed by atoms with Crippen LogP contribution in [-0.4, -0.2) is 44.7 Å². The summed E-state index contributed by atoms with van der Waals surface area (Å²) in [6.45, 7) is 1.24. The fourth-order valence-corrected chi connectivity index (χ4v) is 2.61. The molecule has 0 bridgehead atoms. The van der Waals surface area contributed by atoms with E-state index < -0.39 is 0 Å². The van der Waals surface area contributed by atoms with Gasteiger partial charge >= 0.3 is 0 Å². The van der Waals surface area contributed by atoms with Gasteiger partial charge in [0.25, 0.3) is 0 Å². The number of benzene rings is 2. The Balaban J connectivity index is 1.77. The Morgan fingerprint density at radius 1 is 1.16 bits per heavy atom. The van der Waals surface area contributed by atoms with Gasteiger partial charge in [0.1, 0.15) is 6.61 Å². The number of nitrogens with one attached hydrogen (secondary N) is 1. The number of hydrogen-bond donors (Lipinski definition) is 1. The fourth-order valence-electron chi connectivity index (χ4n) is 2.15. The Morgan fingerprint density at radius 2 is 1.88 bits per heavy atom. The first-order valence-electron chi connectivity index (χ1n) is 7.69. The van der Waals surface area contributed by atoms with Gasteiger partial charge in [-0.05, 0) is 37.4 Å². The van der Waals surface area contributed by atoms with Gasteiger partial charge in [-0.1, -0.05) is 35.3 Å². The summed E-state index contributed by atoms with van der Waals surface area (Å²) in [6, 6.07) is 12.4. The minimum atomic E-state index is -0.163. The summed E-state index contributed by atoms with van der Waals surface area (Å²) in [4.78, 5) is 13.9. The molecule has 2 aromatic rings. The van der Waals surface area contributed by atoms with Crippen molar-refractivity contribution in [1.29, 1.82) is 0 Å². The summed E-state index contributed by atoms with van der Waals surface area (Å²) in [7, 11) is 3.44. The van der Waals surface area contributed by atoms with Crippen LogP contribution in [0.15, 0.2) is 42.5 Å². The Hall–Kier alpha value is -1.95. The number of likely N-dealkylation sites (N-methyl/N-ethyl adjacent to an activating group) is 1. The first-order chi connectivity index (χ1) is 12.0. The van der Waals surface area contributed by atoms with Crippen molar-refractivity contribution in [2.45, 2.75) is 0 Å². The quantitative estimate of drug-likeness (QED) is 0.750. The van der Waals surface area contributed by atoms with E-state index in [2.05, 4.69) is 5.32 Å². The summed E-state index contributed by atoms with van der Waals surface area (Å²) in [5.41, 5.74) is 0.537. The Morgan fingerprint density at radius 3 is 2.56 bits per heavy atom. The minimum absolute atomic E-state index is 0.163. The Bertz CT molecular complexity index is 725. The summed E-state index contributed by atoms with van der Waals surface area (Å²) < 4.78 is 10.9. The molecule has 0 fully saturated rings. The predicted molar refractivity (Wildman–Crippen MR) is 101 cm³/mol. The number of amides is 1. The zero-order valence-corrected chi connectivity index (χ0v) is 15.6. The van der Waals surface area contributed by atoms with Gasteiger partial charge in [-0.2, -0.15) is 0 Å². The first-order valence-corrected chi connectivity index (χ1v) is 8.44. The van der Waals surface area contributed by atoms with Crippen molar-refractivity contribution in [2.75, 3.05) is 39.2 Å². The number of halogens is 2. The average molecular weight is 383 g/mol. The number of para-hydroxylation sites is 2. The molecule has 7 heteroatoms. The maximum Gasteiger partial charge on any atom is 0.238 e. The summed E-state index contributed by atoms with van der Waals surface area (Å²) >= 11 is 11.9. The molecule has 0 aromatic heterocycles. The Labute approximate surface area is 157 Å². The van der Waals surface area contributed by atoms with Crippen molar-refractivity contribution in [2.24, 2.45) is 0 Å². The van der Waals surface area contributed by atoms with E-state index in [0.29, 0.717) is 40.4 Å². The Kier molecular flexibility index (Phi) is 7.37. The van der Waals surface area contributed by atoms with E-state index in [-0.39, 0.29) is 12.5 Å². The van der Waals surface area contributed by atoms with E-state index in [1.807, 2.05) is 36.2 Å². The highest BCUT2D eigenvalue weighted by molar-refractivity contribution is 6.36. The molecule has 5 nitrogen and oxygen atoms in total. The molecule has 0 saturated heterocycles. The first kappa shape index (κ1) is 19.4. The van der Waals surface area contributed by atoms with E-state index >= 15 is 0 Å². The number of anilines is 1. The van der Waals surface area contributed by atoms with Crippen LogP contribution in [0.2, 0.25) is 10.0 Å². The monoisotopic (exact) mass is 382 g/mol. The van der Waals surface area contributed by atoms with Crippen LogP contribution >= 0.6 is 23.2 Å². The molecule has 0 heterocycles. The third-order valence-corrected chi connectivity index (χ3v) is 3.97. The number of methoxy groups -OCH3 is 1. The van der Waals surface area contributed by atoms with Crippen LogP contribution in [0.4, 0.5) is 5.69 Å². The van der Waals surface area contributed by atoms with Gasteiger partial charge in [-0.3, -0.25) is 9.69 Å². The topological polar surface area (TPSA) is 50.8 Å². The summed E-state index contributed by atoms with van der Waals surface area (Å²) in [5, 5.41) is 3.69. The number of hydrogen-bond acceptors (Lipinski definition) is 4. The molecule has 0 aliphatic heterocycles. The van der Waals surface area contributed by atoms with E-state index in [0.717, 1.165) is 0 Å². The molecule has 2 rings (SSSR count). The van der Waals surface area contributed by atoms with Gasteiger partial charge in [0.2, 0.25) is 5.91 Å². The number of rotatable bonds is 8. The molecule has 0 unspecified atom stereocenters. The number of nitrogens with zero attached hydrogens (tertiary/aromatic N) is 1. The van der Waals surface area contributed by atoms with Crippen LogP contribution in [-0.2, 0) is 4.79 Å². The molecular weight excluding hydrogens is 363 g/mol. The zero-order chi connectivity index (χ0) is 18.2. The van der Waals surface area contributed by atoms with E-state index in [1.165, 1.54) is 0 Å².